The first-order valence-electron chi connectivity index (χ1n) is 25.9. The van der Waals surface area contributed by atoms with Crippen LogP contribution in [0.15, 0.2) is 48.6 Å². The molecule has 0 aliphatic heterocycles. The summed E-state index contributed by atoms with van der Waals surface area (Å²) in [6.45, 7) is 6.33. The summed E-state index contributed by atoms with van der Waals surface area (Å²) in [6.07, 6.45) is 57.6. The molecular weight excluding hydrogens is 743 g/mol. The van der Waals surface area contributed by atoms with Gasteiger partial charge in [0.25, 0.3) is 0 Å². The zero-order chi connectivity index (χ0) is 43.8. The minimum Gasteiger partial charge on any atom is -0.462 e. The Hall–Kier alpha value is -2.18. The SMILES string of the molecule is CC/C=C/C=C/C=C/C=C\CCCCCC(CC(=O)NC(CO)C(O)CCCCCCCCCCC)OC(=O)CCCCCCCCCCCCCCCCCCCCC. The topological polar surface area (TPSA) is 95.9 Å². The molecule has 0 aliphatic carbocycles. The molecule has 0 spiro atoms. The molecule has 0 aromatic rings. The number of esters is 1. The van der Waals surface area contributed by atoms with E-state index in [0.29, 0.717) is 19.3 Å². The average Bonchev–Trinajstić information content (AvgIpc) is 3.24. The molecule has 0 rings (SSSR count). The Morgan fingerprint density at radius 2 is 0.900 bits per heavy atom. The third-order valence-electron chi connectivity index (χ3n) is 11.8. The lowest BCUT2D eigenvalue weighted by Crippen LogP contribution is -2.46. The number of hydrogen-bond donors (Lipinski definition) is 3. The Balaban J connectivity index is 4.52. The van der Waals surface area contributed by atoms with Gasteiger partial charge in [-0.1, -0.05) is 249 Å². The van der Waals surface area contributed by atoms with Gasteiger partial charge in [0.1, 0.15) is 6.10 Å². The fraction of sp³-hybridized carbons (Fsp3) is 0.815. The average molecular weight is 842 g/mol. The van der Waals surface area contributed by atoms with Gasteiger partial charge in [0, 0.05) is 6.42 Å². The smallest absolute Gasteiger partial charge is 0.306 e. The van der Waals surface area contributed by atoms with Crippen LogP contribution in [0, 0.1) is 0 Å². The van der Waals surface area contributed by atoms with Crippen LogP contribution in [0.2, 0.25) is 0 Å². The van der Waals surface area contributed by atoms with Gasteiger partial charge in [0.15, 0.2) is 0 Å². The highest BCUT2D eigenvalue weighted by Crippen LogP contribution is 2.18. The summed E-state index contributed by atoms with van der Waals surface area (Å²) in [4.78, 5) is 26.1. The molecule has 60 heavy (non-hydrogen) atoms. The molecule has 0 saturated carbocycles. The highest BCUT2D eigenvalue weighted by molar-refractivity contribution is 5.77. The second-order valence-corrected chi connectivity index (χ2v) is 17.6. The van der Waals surface area contributed by atoms with E-state index in [2.05, 4.69) is 50.4 Å². The lowest BCUT2D eigenvalue weighted by atomic mass is 10.0. The Labute approximate surface area is 372 Å². The minimum absolute atomic E-state index is 0.0534. The van der Waals surface area contributed by atoms with Crippen LogP contribution >= 0.6 is 0 Å². The van der Waals surface area contributed by atoms with E-state index in [0.717, 1.165) is 70.6 Å². The van der Waals surface area contributed by atoms with Crippen LogP contribution in [-0.2, 0) is 14.3 Å². The van der Waals surface area contributed by atoms with Crippen molar-refractivity contribution in [2.45, 2.75) is 277 Å². The van der Waals surface area contributed by atoms with Crippen molar-refractivity contribution in [3.05, 3.63) is 48.6 Å². The van der Waals surface area contributed by atoms with Gasteiger partial charge in [-0.05, 0) is 44.9 Å². The van der Waals surface area contributed by atoms with E-state index in [-0.39, 0.29) is 24.9 Å². The molecule has 0 bridgehead atoms. The Morgan fingerprint density at radius 1 is 0.500 bits per heavy atom. The van der Waals surface area contributed by atoms with Crippen molar-refractivity contribution in [1.29, 1.82) is 0 Å². The van der Waals surface area contributed by atoms with Crippen LogP contribution in [0.5, 0.6) is 0 Å². The molecule has 0 aromatic heterocycles. The van der Waals surface area contributed by atoms with Gasteiger partial charge in [-0.25, -0.2) is 0 Å². The number of aliphatic hydroxyl groups is 2. The molecule has 350 valence electrons. The predicted octanol–water partition coefficient (Wildman–Crippen LogP) is 15.5. The molecule has 0 fully saturated rings. The van der Waals surface area contributed by atoms with E-state index in [1.165, 1.54) is 141 Å². The lowest BCUT2D eigenvalue weighted by molar-refractivity contribution is -0.151. The summed E-state index contributed by atoms with van der Waals surface area (Å²) in [5.74, 6) is -0.506. The van der Waals surface area contributed by atoms with Crippen LogP contribution < -0.4 is 5.32 Å². The largest absolute Gasteiger partial charge is 0.462 e. The molecule has 3 atom stereocenters. The maximum Gasteiger partial charge on any atom is 0.306 e. The zero-order valence-corrected chi connectivity index (χ0v) is 39.8. The van der Waals surface area contributed by atoms with Crippen LogP contribution in [0.1, 0.15) is 258 Å². The van der Waals surface area contributed by atoms with Gasteiger partial charge in [-0.15, -0.1) is 0 Å². The standard InChI is InChI=1S/C54H99NO5/c1-4-7-10-13-16-19-21-23-24-25-26-27-28-30-32-35-38-41-44-47-54(59)60-50(45-42-39-36-34-31-29-22-20-17-14-11-8-5-2)48-53(58)55-51(49-56)52(57)46-43-40-37-33-18-15-12-9-6-3/h8,11,14,17,20,22,29,31,50-52,56-57H,4-7,9-10,12-13,15-16,18-19,21,23-28,30,32-49H2,1-3H3,(H,55,58)/b11-8+,17-14+,22-20+,31-29-. The molecule has 6 nitrogen and oxygen atoms in total. The van der Waals surface area contributed by atoms with Crippen molar-refractivity contribution in [3.63, 3.8) is 0 Å². The molecule has 3 N–H and O–H groups in total. The minimum atomic E-state index is -0.796. The summed E-state index contributed by atoms with van der Waals surface area (Å²) in [5.41, 5.74) is 0. The molecule has 0 radical (unpaired) electrons. The number of nitrogens with one attached hydrogen (secondary N) is 1. The summed E-state index contributed by atoms with van der Waals surface area (Å²) in [7, 11) is 0. The highest BCUT2D eigenvalue weighted by Gasteiger charge is 2.24. The highest BCUT2D eigenvalue weighted by atomic mass is 16.5. The van der Waals surface area contributed by atoms with Crippen molar-refractivity contribution < 1.29 is 24.5 Å². The van der Waals surface area contributed by atoms with E-state index in [4.69, 9.17) is 4.74 Å². The number of hydrogen-bond acceptors (Lipinski definition) is 5. The molecule has 1 amide bonds. The van der Waals surface area contributed by atoms with Crippen molar-refractivity contribution in [2.24, 2.45) is 0 Å². The van der Waals surface area contributed by atoms with E-state index in [1.807, 2.05) is 24.3 Å². The Kier molecular flexibility index (Phi) is 46.1. The van der Waals surface area contributed by atoms with Gasteiger partial charge < -0.3 is 20.3 Å². The van der Waals surface area contributed by atoms with Crippen molar-refractivity contribution in [1.82, 2.24) is 5.32 Å². The van der Waals surface area contributed by atoms with Crippen LogP contribution in [-0.4, -0.2) is 46.9 Å². The third kappa shape index (κ3) is 42.5. The summed E-state index contributed by atoms with van der Waals surface area (Å²) >= 11 is 0. The number of allylic oxidation sites excluding steroid dienone is 8. The summed E-state index contributed by atoms with van der Waals surface area (Å²) in [5, 5.41) is 23.6. The molecule has 0 aliphatic rings. The van der Waals surface area contributed by atoms with Gasteiger partial charge in [0.05, 0.1) is 25.2 Å². The van der Waals surface area contributed by atoms with Gasteiger partial charge in [-0.3, -0.25) is 9.59 Å². The van der Waals surface area contributed by atoms with Crippen molar-refractivity contribution in [2.75, 3.05) is 6.61 Å². The quantitative estimate of drug-likeness (QED) is 0.0322. The van der Waals surface area contributed by atoms with Crippen LogP contribution in [0.3, 0.4) is 0 Å². The summed E-state index contributed by atoms with van der Waals surface area (Å²) < 4.78 is 5.92. The molecule has 0 aromatic carbocycles. The lowest BCUT2D eigenvalue weighted by Gasteiger charge is -2.24. The van der Waals surface area contributed by atoms with E-state index >= 15 is 0 Å². The van der Waals surface area contributed by atoms with E-state index < -0.39 is 18.2 Å². The number of ether oxygens (including phenoxy) is 1. The van der Waals surface area contributed by atoms with Crippen molar-refractivity contribution in [3.8, 4) is 0 Å². The number of amides is 1. The first-order chi connectivity index (χ1) is 29.5. The van der Waals surface area contributed by atoms with Crippen molar-refractivity contribution >= 4 is 11.9 Å². The maximum absolute atomic E-state index is 13.2. The fourth-order valence-corrected chi connectivity index (χ4v) is 7.85. The molecule has 3 unspecified atom stereocenters. The second kappa shape index (κ2) is 47.9. The first-order valence-corrected chi connectivity index (χ1v) is 25.9. The Bertz CT molecular complexity index is 1040. The first kappa shape index (κ1) is 57.8. The van der Waals surface area contributed by atoms with Gasteiger partial charge >= 0.3 is 5.97 Å². The number of unbranched alkanes of at least 4 members (excludes halogenated alkanes) is 29. The van der Waals surface area contributed by atoms with E-state index in [1.54, 1.807) is 0 Å². The fourth-order valence-electron chi connectivity index (χ4n) is 7.85. The number of carbonyl (C=O) groups excluding carboxylic acids is 2. The number of aliphatic hydroxyl groups excluding tert-OH is 2. The predicted molar refractivity (Wildman–Crippen MR) is 259 cm³/mol. The van der Waals surface area contributed by atoms with Gasteiger partial charge in [0.2, 0.25) is 5.91 Å². The second-order valence-electron chi connectivity index (χ2n) is 17.6. The number of rotatable bonds is 46. The number of carbonyl (C=O) groups is 2. The molecular formula is C54H99NO5. The zero-order valence-electron chi connectivity index (χ0n) is 39.8. The van der Waals surface area contributed by atoms with Crippen LogP contribution in [0.4, 0.5) is 0 Å². The monoisotopic (exact) mass is 842 g/mol. The molecule has 0 saturated heterocycles. The third-order valence-corrected chi connectivity index (χ3v) is 11.8. The summed E-state index contributed by atoms with van der Waals surface area (Å²) in [6, 6.07) is -0.712. The van der Waals surface area contributed by atoms with Crippen LogP contribution in [0.25, 0.3) is 0 Å². The normalized spacial score (nSPS) is 13.6. The molecule has 0 heterocycles. The van der Waals surface area contributed by atoms with E-state index in [9.17, 15) is 19.8 Å². The Morgan fingerprint density at radius 3 is 1.37 bits per heavy atom. The van der Waals surface area contributed by atoms with Gasteiger partial charge in [-0.2, -0.15) is 0 Å². The molecule has 6 heteroatoms. The maximum atomic E-state index is 13.2.